The van der Waals surface area contributed by atoms with Gasteiger partial charge in [-0.3, -0.25) is 0 Å². The first-order valence-electron chi connectivity index (χ1n) is 7.29. The highest BCUT2D eigenvalue weighted by molar-refractivity contribution is 7.89. The van der Waals surface area contributed by atoms with Crippen LogP contribution in [0, 0.1) is 6.92 Å². The highest BCUT2D eigenvalue weighted by Crippen LogP contribution is 2.40. The van der Waals surface area contributed by atoms with Gasteiger partial charge in [0.05, 0.1) is 13.3 Å². The molecule has 0 fully saturated rings. The summed E-state index contributed by atoms with van der Waals surface area (Å²) in [5.41, 5.74) is -0.0205. The lowest BCUT2D eigenvalue weighted by Gasteiger charge is -2.30. The number of halogens is 4. The normalized spacial score (nSPS) is 13.7. The molecule has 0 radical (unpaired) electrons. The van der Waals surface area contributed by atoms with E-state index in [0.717, 1.165) is 25.4 Å². The van der Waals surface area contributed by atoms with E-state index < -0.39 is 22.2 Å². The Labute approximate surface area is 154 Å². The molecule has 0 saturated heterocycles. The number of pyridine rings is 1. The van der Waals surface area contributed by atoms with Gasteiger partial charge in [0, 0.05) is 18.1 Å². The number of methoxy groups -OCH3 is 1. The van der Waals surface area contributed by atoms with E-state index in [1.165, 1.54) is 32.2 Å². The van der Waals surface area contributed by atoms with Crippen LogP contribution >= 0.6 is 11.6 Å². The zero-order chi connectivity index (χ0) is 19.7. The van der Waals surface area contributed by atoms with Crippen LogP contribution in [0.2, 0.25) is 5.02 Å². The van der Waals surface area contributed by atoms with Crippen molar-refractivity contribution >= 4 is 21.6 Å². The van der Waals surface area contributed by atoms with Crippen LogP contribution in [0.3, 0.4) is 0 Å². The fourth-order valence-electron chi connectivity index (χ4n) is 2.44. The second kappa shape index (κ2) is 7.42. The Bertz CT molecular complexity index is 887. The van der Waals surface area contributed by atoms with Gasteiger partial charge in [0.1, 0.15) is 10.9 Å². The van der Waals surface area contributed by atoms with Crippen molar-refractivity contribution in [1.29, 1.82) is 0 Å². The van der Waals surface area contributed by atoms with Crippen LogP contribution in [-0.4, -0.2) is 38.0 Å². The summed E-state index contributed by atoms with van der Waals surface area (Å²) < 4.78 is 71.7. The van der Waals surface area contributed by atoms with Crippen LogP contribution in [0.5, 0.6) is 5.88 Å². The number of hydrogen-bond donors (Lipinski definition) is 0. The fraction of sp³-hybridized carbons (Fsp3) is 0.312. The van der Waals surface area contributed by atoms with Crippen molar-refractivity contribution in [3.8, 4) is 5.88 Å². The minimum absolute atomic E-state index is 0.161. The van der Waals surface area contributed by atoms with Gasteiger partial charge in [0.2, 0.25) is 15.9 Å². The minimum atomic E-state index is -4.83. The molecular weight excluding hydrogens is 393 g/mol. The molecule has 26 heavy (non-hydrogen) atoms. The largest absolute Gasteiger partial charge is 0.481 e. The van der Waals surface area contributed by atoms with Crippen LogP contribution in [0.4, 0.5) is 13.2 Å². The monoisotopic (exact) mass is 408 g/mol. The van der Waals surface area contributed by atoms with Crippen molar-refractivity contribution in [1.82, 2.24) is 9.29 Å². The van der Waals surface area contributed by atoms with Crippen molar-refractivity contribution in [2.24, 2.45) is 0 Å². The molecule has 5 nitrogen and oxygen atoms in total. The number of nitrogens with zero attached hydrogens (tertiary/aromatic N) is 2. The predicted octanol–water partition coefficient (Wildman–Crippen LogP) is 3.98. The number of hydrogen-bond acceptors (Lipinski definition) is 4. The van der Waals surface area contributed by atoms with Gasteiger partial charge in [0.25, 0.3) is 0 Å². The van der Waals surface area contributed by atoms with Crippen LogP contribution in [-0.2, 0) is 10.0 Å². The van der Waals surface area contributed by atoms with E-state index in [0.29, 0.717) is 0 Å². The van der Waals surface area contributed by atoms with Crippen LogP contribution in [0.1, 0.15) is 17.2 Å². The second-order valence-corrected chi connectivity index (χ2v) is 7.91. The highest BCUT2D eigenvalue weighted by Gasteiger charge is 2.48. The summed E-state index contributed by atoms with van der Waals surface area (Å²) in [6.07, 6.45) is -3.85. The van der Waals surface area contributed by atoms with Crippen LogP contribution < -0.4 is 4.74 Å². The molecule has 1 heterocycles. The van der Waals surface area contributed by atoms with Crippen LogP contribution in [0.15, 0.2) is 41.4 Å². The lowest BCUT2D eigenvalue weighted by atomic mass is 10.1. The second-order valence-electron chi connectivity index (χ2n) is 5.51. The summed E-state index contributed by atoms with van der Waals surface area (Å²) in [5.74, 6) is 0.161. The molecule has 0 spiro atoms. The molecule has 1 atom stereocenters. The lowest BCUT2D eigenvalue weighted by molar-refractivity contribution is -0.171. The first-order chi connectivity index (χ1) is 12.0. The van der Waals surface area contributed by atoms with Gasteiger partial charge in [-0.2, -0.15) is 17.5 Å². The number of aromatic nitrogens is 1. The average molecular weight is 409 g/mol. The van der Waals surface area contributed by atoms with E-state index >= 15 is 0 Å². The number of aryl methyl sites for hydroxylation is 1. The Balaban J connectivity index is 2.54. The number of sulfonamides is 1. The number of rotatable bonds is 5. The SMILES string of the molecule is COc1cc(C)c(S(=O)(=O)N(C)[C@H](c2ccc(Cl)cc2)C(F)(F)F)cn1. The van der Waals surface area contributed by atoms with Gasteiger partial charge in [-0.15, -0.1) is 0 Å². The zero-order valence-corrected chi connectivity index (χ0v) is 15.7. The third kappa shape index (κ3) is 4.11. The molecule has 0 N–H and O–H groups in total. The van der Waals surface area contributed by atoms with Gasteiger partial charge in [-0.25, -0.2) is 13.4 Å². The molecule has 10 heteroatoms. The summed E-state index contributed by atoms with van der Waals surface area (Å²) in [5, 5.41) is 0.246. The average Bonchev–Trinajstić information content (AvgIpc) is 2.55. The molecular formula is C16H16ClF3N2O3S. The molecule has 0 saturated carbocycles. The Kier molecular flexibility index (Phi) is 5.84. The molecule has 142 valence electrons. The molecule has 1 aromatic carbocycles. The molecule has 0 unspecified atom stereocenters. The Morgan fingerprint density at radius 1 is 1.23 bits per heavy atom. The summed E-state index contributed by atoms with van der Waals surface area (Å²) in [7, 11) is -2.24. The molecule has 1 aromatic heterocycles. The minimum Gasteiger partial charge on any atom is -0.481 e. The van der Waals surface area contributed by atoms with E-state index in [1.54, 1.807) is 0 Å². The van der Waals surface area contributed by atoms with Gasteiger partial charge in [-0.05, 0) is 30.2 Å². The summed E-state index contributed by atoms with van der Waals surface area (Å²) in [6, 6.07) is 3.81. The third-order valence-electron chi connectivity index (χ3n) is 3.76. The van der Waals surface area contributed by atoms with E-state index in [4.69, 9.17) is 16.3 Å². The molecule has 0 aliphatic rings. The lowest BCUT2D eigenvalue weighted by Crippen LogP contribution is -2.40. The van der Waals surface area contributed by atoms with Crippen molar-refractivity contribution < 1.29 is 26.3 Å². The van der Waals surface area contributed by atoms with Gasteiger partial charge >= 0.3 is 6.18 Å². The number of ether oxygens (including phenoxy) is 1. The molecule has 2 rings (SSSR count). The first kappa shape index (κ1) is 20.5. The molecule has 0 aliphatic heterocycles. The topological polar surface area (TPSA) is 59.5 Å². The highest BCUT2D eigenvalue weighted by atomic mass is 35.5. The smallest absolute Gasteiger partial charge is 0.409 e. The maximum Gasteiger partial charge on any atom is 0.409 e. The van der Waals surface area contributed by atoms with E-state index in [-0.39, 0.29) is 31.2 Å². The van der Waals surface area contributed by atoms with Gasteiger partial charge < -0.3 is 4.74 Å². The van der Waals surface area contributed by atoms with Gasteiger partial charge in [-0.1, -0.05) is 23.7 Å². The number of benzene rings is 1. The Morgan fingerprint density at radius 2 is 1.81 bits per heavy atom. The standard InChI is InChI=1S/C16H16ClF3N2O3S/c1-10-8-14(25-3)21-9-13(10)26(23,24)22(2)15(16(18,19)20)11-4-6-12(17)7-5-11/h4-9,15H,1-3H3/t15-/m1/s1. The quantitative estimate of drug-likeness (QED) is 0.751. The molecule has 0 aliphatic carbocycles. The van der Waals surface area contributed by atoms with E-state index in [1.807, 2.05) is 0 Å². The molecule has 0 amide bonds. The summed E-state index contributed by atoms with van der Waals surface area (Å²) >= 11 is 5.71. The zero-order valence-electron chi connectivity index (χ0n) is 14.1. The van der Waals surface area contributed by atoms with Crippen molar-refractivity contribution in [2.75, 3.05) is 14.2 Å². The van der Waals surface area contributed by atoms with Crippen molar-refractivity contribution in [2.45, 2.75) is 24.0 Å². The van der Waals surface area contributed by atoms with E-state index in [9.17, 15) is 21.6 Å². The Hall–Kier alpha value is -1.84. The fourth-order valence-corrected chi connectivity index (χ4v) is 4.05. The maximum atomic E-state index is 13.6. The molecule has 2 aromatic rings. The third-order valence-corrected chi connectivity index (χ3v) is 5.97. The van der Waals surface area contributed by atoms with Gasteiger partial charge in [0.15, 0.2) is 0 Å². The predicted molar refractivity (Wildman–Crippen MR) is 90.7 cm³/mol. The van der Waals surface area contributed by atoms with Crippen molar-refractivity contribution in [3.05, 3.63) is 52.7 Å². The summed E-state index contributed by atoms with van der Waals surface area (Å²) in [4.78, 5) is 3.46. The van der Waals surface area contributed by atoms with E-state index in [2.05, 4.69) is 4.98 Å². The number of alkyl halides is 3. The molecule has 0 bridgehead atoms. The van der Waals surface area contributed by atoms with Crippen LogP contribution in [0.25, 0.3) is 0 Å². The van der Waals surface area contributed by atoms with Crippen molar-refractivity contribution in [3.63, 3.8) is 0 Å². The maximum absolute atomic E-state index is 13.6. The summed E-state index contributed by atoms with van der Waals surface area (Å²) in [6.45, 7) is 1.45. The Morgan fingerprint density at radius 3 is 2.27 bits per heavy atom. The first-order valence-corrected chi connectivity index (χ1v) is 9.11.